The van der Waals surface area contributed by atoms with E-state index in [0.29, 0.717) is 11.9 Å². The summed E-state index contributed by atoms with van der Waals surface area (Å²) in [5, 5.41) is 6.15. The van der Waals surface area contributed by atoms with Gasteiger partial charge in [-0.15, -0.1) is 0 Å². The lowest BCUT2D eigenvalue weighted by Crippen LogP contribution is -2.22. The van der Waals surface area contributed by atoms with Crippen molar-refractivity contribution in [3.8, 4) is 0 Å². The van der Waals surface area contributed by atoms with Crippen molar-refractivity contribution in [3.63, 3.8) is 0 Å². The zero-order chi connectivity index (χ0) is 13.5. The van der Waals surface area contributed by atoms with Crippen molar-refractivity contribution >= 4 is 17.4 Å². The van der Waals surface area contributed by atoms with E-state index >= 15 is 0 Å². The summed E-state index contributed by atoms with van der Waals surface area (Å²) < 4.78 is 0. The predicted molar refractivity (Wildman–Crippen MR) is 77.0 cm³/mol. The second kappa shape index (κ2) is 7.09. The van der Waals surface area contributed by atoms with Crippen LogP contribution in [0, 0.1) is 0 Å². The third kappa shape index (κ3) is 4.52. The van der Waals surface area contributed by atoms with Gasteiger partial charge in [0.1, 0.15) is 5.82 Å². The summed E-state index contributed by atoms with van der Waals surface area (Å²) in [5.74, 6) is 0.318. The van der Waals surface area contributed by atoms with E-state index in [4.69, 9.17) is 5.73 Å². The van der Waals surface area contributed by atoms with Crippen molar-refractivity contribution in [1.82, 2.24) is 4.98 Å². The molecule has 0 aliphatic heterocycles. The van der Waals surface area contributed by atoms with Gasteiger partial charge in [-0.2, -0.15) is 0 Å². The van der Waals surface area contributed by atoms with Gasteiger partial charge in [-0.05, 0) is 25.0 Å². The molecule has 0 saturated heterocycles. The molecular formula is C14H22N4O. The minimum atomic E-state index is -0.225. The third-order valence-electron chi connectivity index (χ3n) is 3.44. The largest absolute Gasteiger partial charge is 0.381 e. The van der Waals surface area contributed by atoms with Crippen LogP contribution in [-0.2, 0) is 4.79 Å². The first-order chi connectivity index (χ1) is 9.28. The zero-order valence-corrected chi connectivity index (χ0v) is 11.2. The lowest BCUT2D eigenvalue weighted by molar-refractivity contribution is -0.114. The first-order valence-electron chi connectivity index (χ1n) is 7.00. The quantitative estimate of drug-likeness (QED) is 0.726. The van der Waals surface area contributed by atoms with Gasteiger partial charge in [-0.1, -0.05) is 25.7 Å². The van der Waals surface area contributed by atoms with Crippen LogP contribution in [0.25, 0.3) is 0 Å². The maximum Gasteiger partial charge on any atom is 0.239 e. The van der Waals surface area contributed by atoms with E-state index in [2.05, 4.69) is 15.6 Å². The number of carbonyl (C=O) groups is 1. The number of pyridine rings is 1. The molecule has 104 valence electrons. The lowest BCUT2D eigenvalue weighted by atomic mass is 10.1. The number of amides is 1. The molecule has 0 atom stereocenters. The third-order valence-corrected chi connectivity index (χ3v) is 3.44. The Morgan fingerprint density at radius 3 is 2.58 bits per heavy atom. The summed E-state index contributed by atoms with van der Waals surface area (Å²) >= 11 is 0. The van der Waals surface area contributed by atoms with Gasteiger partial charge in [0.15, 0.2) is 0 Å². The molecule has 1 aliphatic rings. The van der Waals surface area contributed by atoms with E-state index in [9.17, 15) is 4.79 Å². The number of nitrogens with zero attached hydrogens (tertiary/aromatic N) is 1. The van der Waals surface area contributed by atoms with E-state index in [0.717, 1.165) is 5.69 Å². The number of rotatable bonds is 4. The van der Waals surface area contributed by atoms with Crippen molar-refractivity contribution in [2.45, 2.75) is 44.6 Å². The van der Waals surface area contributed by atoms with Crippen LogP contribution in [0.3, 0.4) is 0 Å². The lowest BCUT2D eigenvalue weighted by Gasteiger charge is -2.17. The Hall–Kier alpha value is -1.62. The van der Waals surface area contributed by atoms with Gasteiger partial charge in [-0.3, -0.25) is 4.79 Å². The molecule has 1 fully saturated rings. The monoisotopic (exact) mass is 262 g/mol. The Labute approximate surface area is 114 Å². The highest BCUT2D eigenvalue weighted by atomic mass is 16.1. The van der Waals surface area contributed by atoms with E-state index in [1.54, 1.807) is 12.3 Å². The summed E-state index contributed by atoms with van der Waals surface area (Å²) in [5.41, 5.74) is 6.25. The van der Waals surface area contributed by atoms with Crippen LogP contribution in [-0.4, -0.2) is 23.5 Å². The van der Waals surface area contributed by atoms with E-state index in [1.165, 1.54) is 38.5 Å². The molecular weight excluding hydrogens is 240 g/mol. The fourth-order valence-corrected chi connectivity index (χ4v) is 2.41. The summed E-state index contributed by atoms with van der Waals surface area (Å²) in [6.45, 7) is -0.0241. The predicted octanol–water partition coefficient (Wildman–Crippen LogP) is 2.11. The molecule has 1 aromatic heterocycles. The highest BCUT2D eigenvalue weighted by Gasteiger charge is 2.11. The van der Waals surface area contributed by atoms with Crippen LogP contribution in [0.15, 0.2) is 18.3 Å². The standard InChI is InChI=1S/C14H22N4O/c15-9-14(19)18-13-8-7-12(10-16-13)17-11-5-3-1-2-4-6-11/h7-8,10-11,17H,1-6,9,15H2,(H,16,18,19). The highest BCUT2D eigenvalue weighted by Crippen LogP contribution is 2.21. The van der Waals surface area contributed by atoms with Crippen LogP contribution in [0.2, 0.25) is 0 Å². The summed E-state index contributed by atoms with van der Waals surface area (Å²) in [6, 6.07) is 4.30. The Bertz CT molecular complexity index is 396. The molecule has 4 N–H and O–H groups in total. The first-order valence-corrected chi connectivity index (χ1v) is 7.00. The summed E-state index contributed by atoms with van der Waals surface area (Å²) in [4.78, 5) is 15.3. The zero-order valence-electron chi connectivity index (χ0n) is 11.2. The van der Waals surface area contributed by atoms with Gasteiger partial charge < -0.3 is 16.4 Å². The molecule has 0 radical (unpaired) electrons. The second-order valence-electron chi connectivity index (χ2n) is 5.02. The highest BCUT2D eigenvalue weighted by molar-refractivity contribution is 5.91. The molecule has 0 unspecified atom stereocenters. The van der Waals surface area contributed by atoms with Crippen molar-refractivity contribution in [1.29, 1.82) is 0 Å². The number of nitrogens with one attached hydrogen (secondary N) is 2. The normalized spacial score (nSPS) is 16.7. The molecule has 1 heterocycles. The molecule has 5 nitrogen and oxygen atoms in total. The van der Waals surface area contributed by atoms with Gasteiger partial charge in [0, 0.05) is 6.04 Å². The van der Waals surface area contributed by atoms with E-state index in [-0.39, 0.29) is 12.5 Å². The molecule has 2 rings (SSSR count). The van der Waals surface area contributed by atoms with Gasteiger partial charge in [-0.25, -0.2) is 4.98 Å². The van der Waals surface area contributed by atoms with Crippen LogP contribution in [0.5, 0.6) is 0 Å². The number of carbonyl (C=O) groups excluding carboxylic acids is 1. The van der Waals surface area contributed by atoms with Gasteiger partial charge in [0.2, 0.25) is 5.91 Å². The van der Waals surface area contributed by atoms with E-state index in [1.807, 2.05) is 6.07 Å². The van der Waals surface area contributed by atoms with Crippen molar-refractivity contribution in [2.75, 3.05) is 17.2 Å². The summed E-state index contributed by atoms with van der Waals surface area (Å²) in [6.07, 6.45) is 9.51. The number of anilines is 2. The Morgan fingerprint density at radius 2 is 2.00 bits per heavy atom. The molecule has 19 heavy (non-hydrogen) atoms. The molecule has 1 saturated carbocycles. The topological polar surface area (TPSA) is 80.0 Å². The second-order valence-corrected chi connectivity index (χ2v) is 5.02. The molecule has 0 bridgehead atoms. The Kier molecular flexibility index (Phi) is 5.15. The van der Waals surface area contributed by atoms with Crippen molar-refractivity contribution < 1.29 is 4.79 Å². The van der Waals surface area contributed by atoms with Crippen LogP contribution < -0.4 is 16.4 Å². The Balaban J connectivity index is 1.88. The van der Waals surface area contributed by atoms with Gasteiger partial charge >= 0.3 is 0 Å². The number of hydrogen-bond donors (Lipinski definition) is 3. The van der Waals surface area contributed by atoms with Gasteiger partial charge in [0.05, 0.1) is 18.4 Å². The molecule has 1 aliphatic carbocycles. The maximum atomic E-state index is 11.1. The first kappa shape index (κ1) is 13.8. The minimum absolute atomic E-state index is 0.0241. The average molecular weight is 262 g/mol. The molecule has 0 aromatic carbocycles. The average Bonchev–Trinajstić information content (AvgIpc) is 2.69. The minimum Gasteiger partial charge on any atom is -0.381 e. The molecule has 1 amide bonds. The smallest absolute Gasteiger partial charge is 0.239 e. The number of nitrogens with two attached hydrogens (primary N) is 1. The van der Waals surface area contributed by atoms with Crippen molar-refractivity contribution in [2.24, 2.45) is 5.73 Å². The number of aromatic nitrogens is 1. The van der Waals surface area contributed by atoms with Crippen molar-refractivity contribution in [3.05, 3.63) is 18.3 Å². The van der Waals surface area contributed by atoms with E-state index < -0.39 is 0 Å². The fraction of sp³-hybridized carbons (Fsp3) is 0.571. The van der Waals surface area contributed by atoms with Crippen LogP contribution >= 0.6 is 0 Å². The molecule has 5 heteroatoms. The summed E-state index contributed by atoms with van der Waals surface area (Å²) in [7, 11) is 0. The van der Waals surface area contributed by atoms with Gasteiger partial charge in [0.25, 0.3) is 0 Å². The SMILES string of the molecule is NCC(=O)Nc1ccc(NC2CCCCCC2)cn1. The fourth-order valence-electron chi connectivity index (χ4n) is 2.41. The molecule has 1 aromatic rings. The van der Waals surface area contributed by atoms with Crippen LogP contribution in [0.1, 0.15) is 38.5 Å². The molecule has 0 spiro atoms. The number of hydrogen-bond acceptors (Lipinski definition) is 4. The Morgan fingerprint density at radius 1 is 1.26 bits per heavy atom. The maximum absolute atomic E-state index is 11.1. The van der Waals surface area contributed by atoms with Crippen LogP contribution in [0.4, 0.5) is 11.5 Å².